The van der Waals surface area contributed by atoms with E-state index in [0.717, 1.165) is 43.2 Å². The van der Waals surface area contributed by atoms with Crippen LogP contribution in [-0.2, 0) is 0 Å². The van der Waals surface area contributed by atoms with E-state index in [0.29, 0.717) is 5.75 Å². The van der Waals surface area contributed by atoms with Gasteiger partial charge in [-0.25, -0.2) is 0 Å². The number of anilines is 1. The maximum Gasteiger partial charge on any atom is 0.161 e. The number of piperazine rings is 1. The molecule has 132 valence electrons. The van der Waals surface area contributed by atoms with E-state index in [2.05, 4.69) is 16.1 Å². The maximum atomic E-state index is 9.64. The Kier molecular flexibility index (Phi) is 5.28. The molecule has 0 radical (unpaired) electrons. The molecule has 0 atom stereocenters. The molecule has 3 rings (SSSR count). The van der Waals surface area contributed by atoms with Gasteiger partial charge in [-0.2, -0.15) is 5.10 Å². The number of para-hydroxylation sites is 2. The number of hydrazone groups is 1. The van der Waals surface area contributed by atoms with E-state index in [4.69, 9.17) is 9.47 Å². The number of benzene rings is 2. The molecule has 0 aliphatic carbocycles. The van der Waals surface area contributed by atoms with E-state index in [9.17, 15) is 5.11 Å². The van der Waals surface area contributed by atoms with Gasteiger partial charge < -0.3 is 19.5 Å². The number of nitrogens with zero attached hydrogens (tertiary/aromatic N) is 3. The average molecular weight is 341 g/mol. The van der Waals surface area contributed by atoms with Gasteiger partial charge >= 0.3 is 0 Å². The fourth-order valence-electron chi connectivity index (χ4n) is 2.87. The monoisotopic (exact) mass is 341 g/mol. The van der Waals surface area contributed by atoms with Crippen molar-refractivity contribution < 1.29 is 14.6 Å². The van der Waals surface area contributed by atoms with Crippen LogP contribution in [0.5, 0.6) is 17.2 Å². The van der Waals surface area contributed by atoms with Crippen molar-refractivity contribution in [2.75, 3.05) is 45.3 Å². The summed E-state index contributed by atoms with van der Waals surface area (Å²) < 4.78 is 10.6. The van der Waals surface area contributed by atoms with Gasteiger partial charge in [0.25, 0.3) is 0 Å². The second kappa shape index (κ2) is 7.79. The molecule has 2 aromatic rings. The van der Waals surface area contributed by atoms with Gasteiger partial charge in [-0.1, -0.05) is 12.1 Å². The number of phenols is 1. The fourth-order valence-corrected chi connectivity index (χ4v) is 2.87. The van der Waals surface area contributed by atoms with Crippen molar-refractivity contribution in [2.24, 2.45) is 5.10 Å². The van der Waals surface area contributed by atoms with Crippen LogP contribution in [0.1, 0.15) is 5.56 Å². The van der Waals surface area contributed by atoms with Crippen LogP contribution in [0.4, 0.5) is 5.69 Å². The maximum absolute atomic E-state index is 9.64. The van der Waals surface area contributed by atoms with Crippen LogP contribution in [-0.4, -0.2) is 56.7 Å². The van der Waals surface area contributed by atoms with Gasteiger partial charge in [-0.05, 0) is 35.9 Å². The third-order valence-electron chi connectivity index (χ3n) is 4.26. The number of hydrogen-bond acceptors (Lipinski definition) is 6. The van der Waals surface area contributed by atoms with Crippen molar-refractivity contribution in [1.82, 2.24) is 5.01 Å². The van der Waals surface area contributed by atoms with E-state index in [1.165, 1.54) is 7.11 Å². The number of phenolic OH excluding ortho intramolecular Hbond substituents is 1. The minimum atomic E-state index is 0.130. The van der Waals surface area contributed by atoms with E-state index in [1.807, 2.05) is 29.3 Å². The molecule has 1 aliphatic heterocycles. The highest BCUT2D eigenvalue weighted by Gasteiger charge is 2.18. The van der Waals surface area contributed by atoms with Crippen LogP contribution >= 0.6 is 0 Å². The lowest BCUT2D eigenvalue weighted by Crippen LogP contribution is -2.44. The fraction of sp³-hybridized carbons (Fsp3) is 0.316. The lowest BCUT2D eigenvalue weighted by atomic mass is 10.2. The van der Waals surface area contributed by atoms with Crippen molar-refractivity contribution in [2.45, 2.75) is 0 Å². The summed E-state index contributed by atoms with van der Waals surface area (Å²) in [6.45, 7) is 3.45. The number of methoxy groups -OCH3 is 2. The molecule has 1 fully saturated rings. The minimum Gasteiger partial charge on any atom is -0.504 e. The third kappa shape index (κ3) is 3.96. The Morgan fingerprint density at radius 2 is 1.68 bits per heavy atom. The molecular weight excluding hydrogens is 318 g/mol. The summed E-state index contributed by atoms with van der Waals surface area (Å²) in [6.07, 6.45) is 1.79. The highest BCUT2D eigenvalue weighted by Crippen LogP contribution is 2.28. The second-order valence-corrected chi connectivity index (χ2v) is 5.79. The summed E-state index contributed by atoms with van der Waals surface area (Å²) in [5.74, 6) is 1.48. The summed E-state index contributed by atoms with van der Waals surface area (Å²) in [5, 5.41) is 16.2. The van der Waals surface area contributed by atoms with E-state index >= 15 is 0 Å². The van der Waals surface area contributed by atoms with E-state index in [-0.39, 0.29) is 5.75 Å². The van der Waals surface area contributed by atoms with Crippen molar-refractivity contribution in [3.8, 4) is 17.2 Å². The summed E-state index contributed by atoms with van der Waals surface area (Å²) in [5.41, 5.74) is 2.01. The Morgan fingerprint density at radius 1 is 0.960 bits per heavy atom. The summed E-state index contributed by atoms with van der Waals surface area (Å²) >= 11 is 0. The zero-order chi connectivity index (χ0) is 17.6. The Labute approximate surface area is 147 Å². The standard InChI is InChI=1S/C19H23N3O3/c1-24-18-6-4-3-5-16(18)21-9-11-22(12-10-21)20-14-15-7-8-17(23)19(13-15)25-2/h3-8,13-14,23H,9-12H2,1-2H3/b20-14-. The van der Waals surface area contributed by atoms with Crippen LogP contribution in [0.15, 0.2) is 47.6 Å². The highest BCUT2D eigenvalue weighted by atomic mass is 16.5. The van der Waals surface area contributed by atoms with Gasteiger partial charge in [0.05, 0.1) is 39.2 Å². The molecule has 0 aromatic heterocycles. The predicted molar refractivity (Wildman–Crippen MR) is 99.0 cm³/mol. The summed E-state index contributed by atoms with van der Waals surface area (Å²) in [6, 6.07) is 13.3. The Morgan fingerprint density at radius 3 is 2.40 bits per heavy atom. The molecule has 6 nitrogen and oxygen atoms in total. The van der Waals surface area contributed by atoms with Gasteiger partial charge in [-0.15, -0.1) is 0 Å². The lowest BCUT2D eigenvalue weighted by Gasteiger charge is -2.35. The average Bonchev–Trinajstić information content (AvgIpc) is 2.67. The number of hydrogen-bond donors (Lipinski definition) is 1. The van der Waals surface area contributed by atoms with Crippen molar-refractivity contribution in [3.63, 3.8) is 0 Å². The van der Waals surface area contributed by atoms with Gasteiger partial charge in [0.15, 0.2) is 11.5 Å². The van der Waals surface area contributed by atoms with Gasteiger partial charge in [-0.3, -0.25) is 5.01 Å². The first-order valence-corrected chi connectivity index (χ1v) is 8.25. The van der Waals surface area contributed by atoms with Gasteiger partial charge in [0.1, 0.15) is 5.75 Å². The van der Waals surface area contributed by atoms with Crippen LogP contribution < -0.4 is 14.4 Å². The van der Waals surface area contributed by atoms with Crippen LogP contribution in [0.25, 0.3) is 0 Å². The van der Waals surface area contributed by atoms with Crippen LogP contribution in [0, 0.1) is 0 Å². The summed E-state index contributed by atoms with van der Waals surface area (Å²) in [7, 11) is 3.23. The zero-order valence-electron chi connectivity index (χ0n) is 14.6. The van der Waals surface area contributed by atoms with Crippen molar-refractivity contribution in [1.29, 1.82) is 0 Å². The lowest BCUT2D eigenvalue weighted by molar-refractivity contribution is 0.271. The smallest absolute Gasteiger partial charge is 0.161 e. The molecule has 25 heavy (non-hydrogen) atoms. The number of rotatable bonds is 5. The molecule has 0 bridgehead atoms. The Hall–Kier alpha value is -2.89. The molecule has 0 spiro atoms. The van der Waals surface area contributed by atoms with Crippen molar-refractivity contribution >= 4 is 11.9 Å². The third-order valence-corrected chi connectivity index (χ3v) is 4.26. The number of aromatic hydroxyl groups is 1. The van der Waals surface area contributed by atoms with Crippen LogP contribution in [0.2, 0.25) is 0 Å². The number of ether oxygens (including phenoxy) is 2. The van der Waals surface area contributed by atoms with E-state index in [1.54, 1.807) is 25.5 Å². The molecule has 2 aromatic carbocycles. The Balaban J connectivity index is 1.61. The molecule has 0 saturated carbocycles. The molecule has 6 heteroatoms. The first kappa shape index (κ1) is 17.0. The van der Waals surface area contributed by atoms with Crippen molar-refractivity contribution in [3.05, 3.63) is 48.0 Å². The Bertz CT molecular complexity index is 740. The SMILES string of the molecule is COc1cc(/C=N\N2CCN(c3ccccc3OC)CC2)ccc1O. The first-order valence-electron chi connectivity index (χ1n) is 8.25. The largest absolute Gasteiger partial charge is 0.504 e. The van der Waals surface area contributed by atoms with Crippen LogP contribution in [0.3, 0.4) is 0 Å². The first-order chi connectivity index (χ1) is 12.2. The van der Waals surface area contributed by atoms with Gasteiger partial charge in [0.2, 0.25) is 0 Å². The molecule has 1 N–H and O–H groups in total. The molecular formula is C19H23N3O3. The molecule has 1 saturated heterocycles. The topological polar surface area (TPSA) is 57.5 Å². The van der Waals surface area contributed by atoms with E-state index < -0.39 is 0 Å². The molecule has 1 heterocycles. The molecule has 0 unspecified atom stereocenters. The van der Waals surface area contributed by atoms with Gasteiger partial charge in [0, 0.05) is 13.1 Å². The molecule has 1 aliphatic rings. The highest BCUT2D eigenvalue weighted by molar-refractivity contribution is 5.80. The molecule has 0 amide bonds. The zero-order valence-corrected chi connectivity index (χ0v) is 14.6. The minimum absolute atomic E-state index is 0.130. The summed E-state index contributed by atoms with van der Waals surface area (Å²) in [4.78, 5) is 2.31. The predicted octanol–water partition coefficient (Wildman–Crippen LogP) is 2.57. The normalized spacial score (nSPS) is 14.8. The second-order valence-electron chi connectivity index (χ2n) is 5.79. The quantitative estimate of drug-likeness (QED) is 0.847.